The predicted molar refractivity (Wildman–Crippen MR) is 60.2 cm³/mol. The van der Waals surface area contributed by atoms with E-state index in [1.54, 1.807) is 12.4 Å². The smallest absolute Gasteiger partial charge is 0.144 e. The standard InChI is InChI=1S/C10H14BrN3/c1-10(3-2-4-10)7-14-9-6-12-8(11)5-13-9/h5-6H,2-4,7H2,1H3,(H,13,14). The molecule has 3 nitrogen and oxygen atoms in total. The van der Waals surface area contributed by atoms with Crippen molar-refractivity contribution < 1.29 is 0 Å². The van der Waals surface area contributed by atoms with Crippen molar-refractivity contribution in [3.8, 4) is 0 Å². The van der Waals surface area contributed by atoms with Gasteiger partial charge in [-0.2, -0.15) is 0 Å². The van der Waals surface area contributed by atoms with Gasteiger partial charge in [-0.25, -0.2) is 9.97 Å². The molecule has 0 radical (unpaired) electrons. The van der Waals surface area contributed by atoms with Crippen molar-refractivity contribution in [2.24, 2.45) is 5.41 Å². The van der Waals surface area contributed by atoms with Crippen LogP contribution < -0.4 is 5.32 Å². The summed E-state index contributed by atoms with van der Waals surface area (Å²) in [5.74, 6) is 0.862. The van der Waals surface area contributed by atoms with Crippen LogP contribution in [0.4, 0.5) is 5.82 Å². The van der Waals surface area contributed by atoms with Gasteiger partial charge in [-0.15, -0.1) is 0 Å². The second-order valence-electron chi connectivity index (χ2n) is 4.24. The average Bonchev–Trinajstić information content (AvgIpc) is 2.14. The molecule has 0 bridgehead atoms. The van der Waals surface area contributed by atoms with Crippen molar-refractivity contribution in [1.82, 2.24) is 9.97 Å². The van der Waals surface area contributed by atoms with E-state index in [1.807, 2.05) is 0 Å². The molecule has 0 aliphatic heterocycles. The lowest BCUT2D eigenvalue weighted by atomic mass is 9.70. The highest BCUT2D eigenvalue weighted by atomic mass is 79.9. The van der Waals surface area contributed by atoms with Crippen LogP contribution in [0.2, 0.25) is 0 Å². The van der Waals surface area contributed by atoms with Gasteiger partial charge >= 0.3 is 0 Å². The second kappa shape index (κ2) is 3.85. The molecule has 1 aliphatic carbocycles. The summed E-state index contributed by atoms with van der Waals surface area (Å²) in [6.45, 7) is 3.32. The molecule has 1 aromatic heterocycles. The van der Waals surface area contributed by atoms with E-state index in [0.717, 1.165) is 17.0 Å². The van der Waals surface area contributed by atoms with Crippen LogP contribution in [-0.2, 0) is 0 Å². The Balaban J connectivity index is 1.88. The molecule has 1 aromatic rings. The maximum absolute atomic E-state index is 4.22. The summed E-state index contributed by atoms with van der Waals surface area (Å²) in [4.78, 5) is 8.33. The summed E-state index contributed by atoms with van der Waals surface area (Å²) in [5, 5.41) is 3.32. The number of halogens is 1. The van der Waals surface area contributed by atoms with Crippen LogP contribution in [0.15, 0.2) is 17.0 Å². The van der Waals surface area contributed by atoms with Gasteiger partial charge in [0.05, 0.1) is 12.4 Å². The first-order valence-electron chi connectivity index (χ1n) is 4.89. The molecular formula is C10H14BrN3. The van der Waals surface area contributed by atoms with Gasteiger partial charge in [0.1, 0.15) is 10.4 Å². The van der Waals surface area contributed by atoms with Gasteiger partial charge in [0, 0.05) is 6.54 Å². The molecule has 0 aromatic carbocycles. The third-order valence-electron chi connectivity index (χ3n) is 2.88. The molecule has 2 rings (SSSR count). The monoisotopic (exact) mass is 255 g/mol. The molecule has 14 heavy (non-hydrogen) atoms. The van der Waals surface area contributed by atoms with Crippen molar-refractivity contribution in [3.05, 3.63) is 17.0 Å². The molecule has 4 heteroatoms. The van der Waals surface area contributed by atoms with E-state index in [9.17, 15) is 0 Å². The minimum Gasteiger partial charge on any atom is -0.368 e. The Bertz CT molecular complexity index is 306. The number of anilines is 1. The molecular weight excluding hydrogens is 242 g/mol. The quantitative estimate of drug-likeness (QED) is 0.903. The average molecular weight is 256 g/mol. The predicted octanol–water partition coefficient (Wildman–Crippen LogP) is 2.84. The maximum Gasteiger partial charge on any atom is 0.144 e. The zero-order valence-corrected chi connectivity index (χ0v) is 9.84. The van der Waals surface area contributed by atoms with Crippen molar-refractivity contribution in [1.29, 1.82) is 0 Å². The van der Waals surface area contributed by atoms with E-state index in [1.165, 1.54) is 19.3 Å². The van der Waals surface area contributed by atoms with Gasteiger partial charge in [0.25, 0.3) is 0 Å². The Labute approximate surface area is 92.5 Å². The van der Waals surface area contributed by atoms with Crippen LogP contribution >= 0.6 is 15.9 Å². The zero-order chi connectivity index (χ0) is 10.0. The minimum atomic E-state index is 0.481. The van der Waals surface area contributed by atoms with Crippen molar-refractivity contribution in [3.63, 3.8) is 0 Å². The van der Waals surface area contributed by atoms with Crippen LogP contribution in [0.25, 0.3) is 0 Å². The summed E-state index contributed by atoms with van der Waals surface area (Å²) in [7, 11) is 0. The molecule has 1 N–H and O–H groups in total. The first-order valence-corrected chi connectivity index (χ1v) is 5.69. The highest BCUT2D eigenvalue weighted by molar-refractivity contribution is 9.10. The summed E-state index contributed by atoms with van der Waals surface area (Å²) < 4.78 is 0.776. The van der Waals surface area contributed by atoms with E-state index >= 15 is 0 Å². The van der Waals surface area contributed by atoms with Crippen molar-refractivity contribution in [2.45, 2.75) is 26.2 Å². The molecule has 1 aliphatic rings. The molecule has 0 saturated heterocycles. The number of hydrogen-bond acceptors (Lipinski definition) is 3. The van der Waals surface area contributed by atoms with Crippen LogP contribution in [0.1, 0.15) is 26.2 Å². The second-order valence-corrected chi connectivity index (χ2v) is 5.05. The topological polar surface area (TPSA) is 37.8 Å². The molecule has 1 fully saturated rings. The fraction of sp³-hybridized carbons (Fsp3) is 0.600. The summed E-state index contributed by atoms with van der Waals surface area (Å²) in [6, 6.07) is 0. The Morgan fingerprint density at radius 1 is 1.43 bits per heavy atom. The largest absolute Gasteiger partial charge is 0.368 e. The molecule has 0 spiro atoms. The SMILES string of the molecule is CC1(CNc2cnc(Br)cn2)CCC1. The van der Waals surface area contributed by atoms with Gasteiger partial charge in [-0.3, -0.25) is 0 Å². The lowest BCUT2D eigenvalue weighted by Crippen LogP contribution is -2.33. The normalized spacial score (nSPS) is 18.7. The Hall–Kier alpha value is -0.640. The fourth-order valence-corrected chi connectivity index (χ4v) is 1.87. The first kappa shape index (κ1) is 9.90. The van der Waals surface area contributed by atoms with Crippen molar-refractivity contribution in [2.75, 3.05) is 11.9 Å². The molecule has 0 amide bonds. The van der Waals surface area contributed by atoms with Crippen LogP contribution in [0.5, 0.6) is 0 Å². The number of rotatable bonds is 3. The lowest BCUT2D eigenvalue weighted by molar-refractivity contribution is 0.180. The van der Waals surface area contributed by atoms with Gasteiger partial charge < -0.3 is 5.32 Å². The Morgan fingerprint density at radius 3 is 2.71 bits per heavy atom. The summed E-state index contributed by atoms with van der Waals surface area (Å²) >= 11 is 3.26. The lowest BCUT2D eigenvalue weighted by Gasteiger charge is -2.38. The number of hydrogen-bond donors (Lipinski definition) is 1. The van der Waals surface area contributed by atoms with E-state index in [-0.39, 0.29) is 0 Å². The molecule has 0 atom stereocenters. The Morgan fingerprint density at radius 2 is 2.21 bits per heavy atom. The molecule has 1 saturated carbocycles. The van der Waals surface area contributed by atoms with Crippen LogP contribution in [0, 0.1) is 5.41 Å². The van der Waals surface area contributed by atoms with E-state index in [2.05, 4.69) is 38.1 Å². The van der Waals surface area contributed by atoms with E-state index < -0.39 is 0 Å². The number of nitrogens with one attached hydrogen (secondary N) is 1. The van der Waals surface area contributed by atoms with Gasteiger partial charge in [0.15, 0.2) is 0 Å². The first-order chi connectivity index (χ1) is 6.68. The number of nitrogens with zero attached hydrogens (tertiary/aromatic N) is 2. The maximum atomic E-state index is 4.22. The van der Waals surface area contributed by atoms with E-state index in [0.29, 0.717) is 5.41 Å². The third-order valence-corrected chi connectivity index (χ3v) is 3.29. The molecule has 1 heterocycles. The van der Waals surface area contributed by atoms with Gasteiger partial charge in [0.2, 0.25) is 0 Å². The molecule has 76 valence electrons. The highest BCUT2D eigenvalue weighted by Crippen LogP contribution is 2.39. The Kier molecular flexibility index (Phi) is 2.72. The zero-order valence-electron chi connectivity index (χ0n) is 8.26. The van der Waals surface area contributed by atoms with E-state index in [4.69, 9.17) is 0 Å². The molecule has 0 unspecified atom stereocenters. The number of aromatic nitrogens is 2. The van der Waals surface area contributed by atoms with Crippen molar-refractivity contribution >= 4 is 21.7 Å². The minimum absolute atomic E-state index is 0.481. The van der Waals surface area contributed by atoms with Gasteiger partial charge in [-0.05, 0) is 34.2 Å². The van der Waals surface area contributed by atoms with Crippen LogP contribution in [-0.4, -0.2) is 16.5 Å². The van der Waals surface area contributed by atoms with Gasteiger partial charge in [-0.1, -0.05) is 13.3 Å². The van der Waals surface area contributed by atoms with Crippen LogP contribution in [0.3, 0.4) is 0 Å². The fourth-order valence-electron chi connectivity index (χ4n) is 1.66. The summed E-state index contributed by atoms with van der Waals surface area (Å²) in [6.07, 6.45) is 7.48. The highest BCUT2D eigenvalue weighted by Gasteiger charge is 2.31. The third kappa shape index (κ3) is 2.23. The summed E-state index contributed by atoms with van der Waals surface area (Å²) in [5.41, 5.74) is 0.481.